The number of rotatable bonds is 3. The van der Waals surface area contributed by atoms with E-state index in [2.05, 4.69) is 34.7 Å². The number of esters is 1. The van der Waals surface area contributed by atoms with E-state index in [1.54, 1.807) is 0 Å². The van der Waals surface area contributed by atoms with E-state index in [4.69, 9.17) is 9.47 Å². The molecule has 1 aliphatic rings. The van der Waals surface area contributed by atoms with E-state index in [-0.39, 0.29) is 17.5 Å². The summed E-state index contributed by atoms with van der Waals surface area (Å²) in [5.74, 6) is -0.317. The Morgan fingerprint density at radius 1 is 1.53 bits per heavy atom. The van der Waals surface area contributed by atoms with E-state index in [9.17, 15) is 4.79 Å². The summed E-state index contributed by atoms with van der Waals surface area (Å²) in [6, 6.07) is 10.1. The van der Waals surface area contributed by atoms with Crippen LogP contribution in [0.25, 0.3) is 0 Å². The van der Waals surface area contributed by atoms with Crippen molar-refractivity contribution in [3.63, 3.8) is 0 Å². The molecule has 0 spiro atoms. The lowest BCUT2D eigenvalue weighted by Crippen LogP contribution is -2.27. The van der Waals surface area contributed by atoms with Crippen LogP contribution in [0.1, 0.15) is 12.0 Å². The molecule has 1 saturated heterocycles. The van der Waals surface area contributed by atoms with Crippen LogP contribution < -0.4 is 0 Å². The predicted molar refractivity (Wildman–Crippen MR) is 73.1 cm³/mol. The summed E-state index contributed by atoms with van der Waals surface area (Å²) in [5.41, 5.74) is 0.807. The third-order valence-corrected chi connectivity index (χ3v) is 4.42. The first-order chi connectivity index (χ1) is 8.22. The number of ether oxygens (including phenoxy) is 2. The van der Waals surface area contributed by atoms with E-state index in [0.717, 1.165) is 9.99 Å². The van der Waals surface area contributed by atoms with Gasteiger partial charge in [-0.05, 0) is 12.0 Å². The van der Waals surface area contributed by atoms with Crippen molar-refractivity contribution in [2.45, 2.75) is 12.0 Å². The van der Waals surface area contributed by atoms with Gasteiger partial charge in [0.15, 0.2) is 0 Å². The van der Waals surface area contributed by atoms with Crippen LogP contribution in [0.5, 0.6) is 0 Å². The van der Waals surface area contributed by atoms with Gasteiger partial charge in [0.25, 0.3) is 0 Å². The monoisotopic (exact) mass is 346 g/mol. The van der Waals surface area contributed by atoms with E-state index in [1.165, 1.54) is 7.11 Å². The highest BCUT2D eigenvalue weighted by molar-refractivity contribution is 14.1. The first kappa shape index (κ1) is 12.8. The number of hydrogen-bond donors (Lipinski definition) is 0. The molecule has 0 aliphatic carbocycles. The number of alkyl halides is 1. The molecule has 1 aromatic carbocycles. The van der Waals surface area contributed by atoms with Gasteiger partial charge in [0.1, 0.15) is 5.60 Å². The van der Waals surface area contributed by atoms with E-state index in [0.29, 0.717) is 13.0 Å². The zero-order chi connectivity index (χ0) is 12.3. The van der Waals surface area contributed by atoms with Crippen molar-refractivity contribution in [2.75, 3.05) is 18.1 Å². The summed E-state index contributed by atoms with van der Waals surface area (Å²) in [6.07, 6.45) is 0.701. The summed E-state index contributed by atoms with van der Waals surface area (Å²) in [4.78, 5) is 11.5. The summed E-state index contributed by atoms with van der Waals surface area (Å²) in [5, 5.41) is 0. The Kier molecular flexibility index (Phi) is 4.04. The molecule has 2 rings (SSSR count). The van der Waals surface area contributed by atoms with Gasteiger partial charge < -0.3 is 9.47 Å². The van der Waals surface area contributed by atoms with Crippen LogP contribution in [0.3, 0.4) is 0 Å². The fraction of sp³-hybridized carbons (Fsp3) is 0.462. The van der Waals surface area contributed by atoms with Crippen LogP contribution in [-0.2, 0) is 19.9 Å². The zero-order valence-corrected chi connectivity index (χ0v) is 11.8. The predicted octanol–water partition coefficient (Wildman–Crippen LogP) is 2.53. The van der Waals surface area contributed by atoms with Crippen molar-refractivity contribution in [2.24, 2.45) is 5.92 Å². The van der Waals surface area contributed by atoms with Crippen LogP contribution in [0, 0.1) is 5.92 Å². The average Bonchev–Trinajstić information content (AvgIpc) is 2.84. The number of halogens is 1. The maximum atomic E-state index is 11.5. The quantitative estimate of drug-likeness (QED) is 0.479. The van der Waals surface area contributed by atoms with E-state index in [1.807, 2.05) is 18.2 Å². The van der Waals surface area contributed by atoms with E-state index < -0.39 is 0 Å². The highest BCUT2D eigenvalue weighted by Gasteiger charge is 2.44. The molecule has 0 bridgehead atoms. The largest absolute Gasteiger partial charge is 0.469 e. The maximum Gasteiger partial charge on any atom is 0.311 e. The van der Waals surface area contributed by atoms with Crippen LogP contribution in [0.4, 0.5) is 0 Å². The number of carbonyl (C=O) groups is 1. The van der Waals surface area contributed by atoms with Crippen molar-refractivity contribution in [3.05, 3.63) is 35.9 Å². The van der Waals surface area contributed by atoms with Crippen LogP contribution >= 0.6 is 22.6 Å². The fourth-order valence-corrected chi connectivity index (χ4v) is 3.18. The summed E-state index contributed by atoms with van der Waals surface area (Å²) in [6.45, 7) is 0.449. The molecule has 1 aromatic rings. The van der Waals surface area contributed by atoms with Crippen LogP contribution in [0.2, 0.25) is 0 Å². The molecule has 3 nitrogen and oxygen atoms in total. The number of methoxy groups -OCH3 is 1. The van der Waals surface area contributed by atoms with Crippen LogP contribution in [0.15, 0.2) is 30.3 Å². The molecule has 2 atom stereocenters. The van der Waals surface area contributed by atoms with E-state index >= 15 is 0 Å². The minimum absolute atomic E-state index is 0.144. The topological polar surface area (TPSA) is 35.5 Å². The Morgan fingerprint density at radius 3 is 2.82 bits per heavy atom. The Balaban J connectivity index is 2.21. The molecule has 1 fully saturated rings. The minimum Gasteiger partial charge on any atom is -0.469 e. The van der Waals surface area contributed by atoms with Gasteiger partial charge in [0.2, 0.25) is 0 Å². The molecule has 0 N–H and O–H groups in total. The van der Waals surface area contributed by atoms with Gasteiger partial charge in [0, 0.05) is 4.43 Å². The lowest BCUT2D eigenvalue weighted by atomic mass is 9.89. The minimum atomic E-state index is -0.333. The third-order valence-electron chi connectivity index (χ3n) is 3.19. The van der Waals surface area contributed by atoms with Gasteiger partial charge in [-0.15, -0.1) is 0 Å². The van der Waals surface area contributed by atoms with Crippen LogP contribution in [-0.4, -0.2) is 24.1 Å². The second-order valence-corrected chi connectivity index (χ2v) is 4.99. The number of hydrogen-bond acceptors (Lipinski definition) is 3. The van der Waals surface area contributed by atoms with Gasteiger partial charge in [-0.3, -0.25) is 4.79 Å². The van der Waals surface area contributed by atoms with Gasteiger partial charge >= 0.3 is 5.97 Å². The molecular formula is C13H15IO3. The molecule has 0 radical (unpaired) electrons. The number of benzene rings is 1. The number of carbonyl (C=O) groups excluding carboxylic acids is 1. The smallest absolute Gasteiger partial charge is 0.311 e. The summed E-state index contributed by atoms with van der Waals surface area (Å²) in [7, 11) is 1.43. The lowest BCUT2D eigenvalue weighted by molar-refractivity contribution is -0.145. The Bertz CT molecular complexity index is 393. The highest BCUT2D eigenvalue weighted by Crippen LogP contribution is 2.40. The normalized spacial score (nSPS) is 28.0. The fourth-order valence-electron chi connectivity index (χ4n) is 2.21. The average molecular weight is 346 g/mol. The Hall–Kier alpha value is -0.620. The summed E-state index contributed by atoms with van der Waals surface area (Å²) < 4.78 is 11.5. The molecular weight excluding hydrogens is 331 g/mol. The lowest BCUT2D eigenvalue weighted by Gasteiger charge is -2.26. The van der Waals surface area contributed by atoms with Crippen molar-refractivity contribution in [3.8, 4) is 0 Å². The van der Waals surface area contributed by atoms with Crippen molar-refractivity contribution >= 4 is 28.6 Å². The highest BCUT2D eigenvalue weighted by atomic mass is 127. The molecule has 0 amide bonds. The first-order valence-corrected chi connectivity index (χ1v) is 7.08. The molecule has 1 aliphatic heterocycles. The van der Waals surface area contributed by atoms with Gasteiger partial charge in [0.05, 0.1) is 19.6 Å². The molecule has 1 heterocycles. The second-order valence-electron chi connectivity index (χ2n) is 4.23. The summed E-state index contributed by atoms with van der Waals surface area (Å²) >= 11 is 2.31. The standard InChI is InChI=1S/C13H15IO3/c1-16-12(15)10-7-13(9-14,17-8-10)11-5-3-2-4-6-11/h2-6,10H,7-9H2,1H3. The van der Waals surface area contributed by atoms with Crippen molar-refractivity contribution in [1.82, 2.24) is 0 Å². The van der Waals surface area contributed by atoms with Crippen molar-refractivity contribution in [1.29, 1.82) is 0 Å². The second kappa shape index (κ2) is 5.35. The van der Waals surface area contributed by atoms with Gasteiger partial charge in [-0.25, -0.2) is 0 Å². The first-order valence-electron chi connectivity index (χ1n) is 5.55. The van der Waals surface area contributed by atoms with Crippen molar-refractivity contribution < 1.29 is 14.3 Å². The molecule has 4 heteroatoms. The molecule has 0 aromatic heterocycles. The third kappa shape index (κ3) is 2.47. The molecule has 92 valence electrons. The SMILES string of the molecule is COC(=O)C1COC(CI)(c2ccccc2)C1. The molecule has 17 heavy (non-hydrogen) atoms. The Labute approximate surface area is 115 Å². The van der Waals surface area contributed by atoms with Gasteiger partial charge in [-0.1, -0.05) is 52.9 Å². The Morgan fingerprint density at radius 2 is 2.24 bits per heavy atom. The molecule has 0 saturated carbocycles. The van der Waals surface area contributed by atoms with Gasteiger partial charge in [-0.2, -0.15) is 0 Å². The molecule has 2 unspecified atom stereocenters. The maximum absolute atomic E-state index is 11.5. The zero-order valence-electron chi connectivity index (χ0n) is 9.69.